The molecule has 0 bridgehead atoms. The van der Waals surface area contributed by atoms with Crippen molar-refractivity contribution in [1.82, 2.24) is 0 Å². The van der Waals surface area contributed by atoms with Gasteiger partial charge >= 0.3 is 0 Å². The molecule has 1 saturated heterocycles. The van der Waals surface area contributed by atoms with E-state index in [1.807, 2.05) is 18.2 Å². The van der Waals surface area contributed by atoms with Crippen LogP contribution in [0.15, 0.2) is 18.2 Å². The summed E-state index contributed by atoms with van der Waals surface area (Å²) in [7, 11) is 0. The van der Waals surface area contributed by atoms with Crippen LogP contribution in [-0.4, -0.2) is 38.4 Å². The Labute approximate surface area is 105 Å². The van der Waals surface area contributed by atoms with Crippen LogP contribution >= 0.6 is 0 Å². The van der Waals surface area contributed by atoms with Gasteiger partial charge in [0.05, 0.1) is 19.8 Å². The molecule has 5 heteroatoms. The summed E-state index contributed by atoms with van der Waals surface area (Å²) in [5, 5.41) is 0. The molecular formula is C13H16N2O3. The monoisotopic (exact) mass is 248 g/mol. The fourth-order valence-corrected chi connectivity index (χ4v) is 2.49. The van der Waals surface area contributed by atoms with Gasteiger partial charge in [-0.05, 0) is 18.6 Å². The van der Waals surface area contributed by atoms with Gasteiger partial charge in [-0.3, -0.25) is 4.79 Å². The first-order valence-corrected chi connectivity index (χ1v) is 6.15. The summed E-state index contributed by atoms with van der Waals surface area (Å²) in [6, 6.07) is 5.67. The van der Waals surface area contributed by atoms with Gasteiger partial charge in [0.2, 0.25) is 0 Å². The Hall–Kier alpha value is -1.59. The van der Waals surface area contributed by atoms with E-state index in [-0.39, 0.29) is 5.91 Å². The summed E-state index contributed by atoms with van der Waals surface area (Å²) >= 11 is 0. The van der Waals surface area contributed by atoms with Crippen molar-refractivity contribution in [2.24, 2.45) is 0 Å². The largest absolute Gasteiger partial charge is 0.398 e. The van der Waals surface area contributed by atoms with Crippen molar-refractivity contribution in [1.29, 1.82) is 0 Å². The number of hydrogen-bond donors (Lipinski definition) is 1. The molecular weight excluding hydrogens is 232 g/mol. The first-order valence-electron chi connectivity index (χ1n) is 6.15. The molecule has 5 nitrogen and oxygen atoms in total. The summed E-state index contributed by atoms with van der Waals surface area (Å²) in [6.45, 7) is 2.05. The zero-order chi connectivity index (χ0) is 12.5. The summed E-state index contributed by atoms with van der Waals surface area (Å²) in [4.78, 5) is 14.1. The first kappa shape index (κ1) is 11.5. The number of rotatable bonds is 1. The van der Waals surface area contributed by atoms with Crippen LogP contribution < -0.4 is 10.6 Å². The smallest absolute Gasteiger partial charge is 0.258 e. The highest BCUT2D eigenvalue weighted by molar-refractivity contribution is 5.99. The van der Waals surface area contributed by atoms with Gasteiger partial charge in [0.25, 0.3) is 5.91 Å². The van der Waals surface area contributed by atoms with E-state index in [0.29, 0.717) is 26.4 Å². The van der Waals surface area contributed by atoms with Gasteiger partial charge in [0.15, 0.2) is 6.10 Å². The number of nitrogens with two attached hydrogens (primary N) is 1. The van der Waals surface area contributed by atoms with Crippen molar-refractivity contribution in [3.05, 3.63) is 23.8 Å². The molecule has 2 aliphatic rings. The van der Waals surface area contributed by atoms with Crippen LogP contribution in [-0.2, 0) is 20.7 Å². The van der Waals surface area contributed by atoms with E-state index in [9.17, 15) is 4.79 Å². The molecule has 1 aromatic rings. The zero-order valence-corrected chi connectivity index (χ0v) is 10.1. The van der Waals surface area contributed by atoms with Crippen molar-refractivity contribution in [3.63, 3.8) is 0 Å². The topological polar surface area (TPSA) is 64.8 Å². The molecule has 1 fully saturated rings. The Bertz CT molecular complexity index is 469. The molecule has 1 atom stereocenters. The third-order valence-corrected chi connectivity index (χ3v) is 3.42. The van der Waals surface area contributed by atoms with Crippen LogP contribution in [0.3, 0.4) is 0 Å². The Kier molecular flexibility index (Phi) is 2.93. The average molecular weight is 248 g/mol. The number of anilines is 2. The SMILES string of the molecule is Nc1cccc2c1CCN2C(=O)C1COCCO1. The number of nitrogens with zero attached hydrogens (tertiary/aromatic N) is 1. The number of hydrogen-bond acceptors (Lipinski definition) is 4. The highest BCUT2D eigenvalue weighted by atomic mass is 16.6. The van der Waals surface area contributed by atoms with Crippen LogP contribution in [0, 0.1) is 0 Å². The molecule has 18 heavy (non-hydrogen) atoms. The zero-order valence-electron chi connectivity index (χ0n) is 10.1. The lowest BCUT2D eigenvalue weighted by molar-refractivity contribution is -0.144. The molecule has 96 valence electrons. The van der Waals surface area contributed by atoms with Crippen LogP contribution in [0.5, 0.6) is 0 Å². The minimum Gasteiger partial charge on any atom is -0.398 e. The number of amides is 1. The van der Waals surface area contributed by atoms with Gasteiger partial charge in [-0.15, -0.1) is 0 Å². The average Bonchev–Trinajstić information content (AvgIpc) is 2.84. The van der Waals surface area contributed by atoms with Crippen molar-refractivity contribution < 1.29 is 14.3 Å². The standard InChI is InChI=1S/C13H16N2O3/c14-10-2-1-3-11-9(10)4-5-15(11)13(16)12-8-17-6-7-18-12/h1-3,12H,4-8,14H2. The van der Waals surface area contributed by atoms with Crippen molar-refractivity contribution >= 4 is 17.3 Å². The molecule has 0 aliphatic carbocycles. The van der Waals surface area contributed by atoms with Gasteiger partial charge in [-0.25, -0.2) is 0 Å². The number of carbonyl (C=O) groups is 1. The lowest BCUT2D eigenvalue weighted by atomic mass is 10.1. The van der Waals surface area contributed by atoms with Crippen molar-refractivity contribution in [2.45, 2.75) is 12.5 Å². The summed E-state index contributed by atoms with van der Waals surface area (Å²) in [5.74, 6) is -0.0287. The van der Waals surface area contributed by atoms with Crippen molar-refractivity contribution in [3.8, 4) is 0 Å². The minimum atomic E-state index is -0.480. The third-order valence-electron chi connectivity index (χ3n) is 3.42. The molecule has 0 radical (unpaired) electrons. The molecule has 1 amide bonds. The van der Waals surface area contributed by atoms with Gasteiger partial charge in [-0.1, -0.05) is 6.07 Å². The summed E-state index contributed by atoms with van der Waals surface area (Å²) in [5.41, 5.74) is 8.64. The number of fused-ring (bicyclic) bond motifs is 1. The summed E-state index contributed by atoms with van der Waals surface area (Å²) < 4.78 is 10.7. The third kappa shape index (κ3) is 1.85. The van der Waals surface area contributed by atoms with Crippen LogP contribution in [0.4, 0.5) is 11.4 Å². The molecule has 1 aromatic carbocycles. The molecule has 0 aromatic heterocycles. The molecule has 2 aliphatic heterocycles. The Morgan fingerprint density at radius 2 is 2.28 bits per heavy atom. The van der Waals surface area contributed by atoms with Crippen molar-refractivity contribution in [2.75, 3.05) is 37.0 Å². The number of ether oxygens (including phenoxy) is 2. The van der Waals surface area contributed by atoms with Gasteiger partial charge < -0.3 is 20.1 Å². The number of nitrogen functional groups attached to an aromatic ring is 1. The van der Waals surface area contributed by atoms with E-state index in [1.165, 1.54) is 0 Å². The van der Waals surface area contributed by atoms with E-state index < -0.39 is 6.10 Å². The first-order chi connectivity index (χ1) is 8.77. The summed E-state index contributed by atoms with van der Waals surface area (Å²) in [6.07, 6.45) is 0.326. The maximum absolute atomic E-state index is 12.4. The lowest BCUT2D eigenvalue weighted by Gasteiger charge is -2.27. The van der Waals surface area contributed by atoms with Gasteiger partial charge in [0.1, 0.15) is 0 Å². The highest BCUT2D eigenvalue weighted by Gasteiger charge is 2.32. The minimum absolute atomic E-state index is 0.0287. The fourth-order valence-electron chi connectivity index (χ4n) is 2.49. The predicted octanol–water partition coefficient (Wildman–Crippen LogP) is 0.573. The Morgan fingerprint density at radius 3 is 3.06 bits per heavy atom. The van der Waals surface area contributed by atoms with E-state index in [0.717, 1.165) is 23.4 Å². The van der Waals surface area contributed by atoms with E-state index in [2.05, 4.69) is 0 Å². The maximum Gasteiger partial charge on any atom is 0.258 e. The Balaban J connectivity index is 1.83. The molecule has 1 unspecified atom stereocenters. The second-order valence-electron chi connectivity index (χ2n) is 4.52. The second kappa shape index (κ2) is 4.59. The second-order valence-corrected chi connectivity index (χ2v) is 4.52. The molecule has 3 rings (SSSR count). The van der Waals surface area contributed by atoms with Crippen LogP contribution in [0.1, 0.15) is 5.56 Å². The molecule has 2 heterocycles. The van der Waals surface area contributed by atoms with Gasteiger partial charge in [-0.2, -0.15) is 0 Å². The normalized spacial score (nSPS) is 22.9. The highest BCUT2D eigenvalue weighted by Crippen LogP contribution is 2.32. The Morgan fingerprint density at radius 1 is 1.39 bits per heavy atom. The maximum atomic E-state index is 12.4. The van der Waals surface area contributed by atoms with Crippen LogP contribution in [0.25, 0.3) is 0 Å². The lowest BCUT2D eigenvalue weighted by Crippen LogP contribution is -2.44. The van der Waals surface area contributed by atoms with Crippen LogP contribution in [0.2, 0.25) is 0 Å². The quantitative estimate of drug-likeness (QED) is 0.738. The molecule has 2 N–H and O–H groups in total. The van der Waals surface area contributed by atoms with E-state index in [4.69, 9.17) is 15.2 Å². The number of benzene rings is 1. The molecule has 0 saturated carbocycles. The molecule has 0 spiro atoms. The van der Waals surface area contributed by atoms with E-state index >= 15 is 0 Å². The number of carbonyl (C=O) groups excluding carboxylic acids is 1. The predicted molar refractivity (Wildman–Crippen MR) is 67.5 cm³/mol. The fraction of sp³-hybridized carbons (Fsp3) is 0.462. The van der Waals surface area contributed by atoms with E-state index in [1.54, 1.807) is 4.90 Å². The van der Waals surface area contributed by atoms with Gasteiger partial charge in [0, 0.05) is 23.5 Å².